The lowest BCUT2D eigenvalue weighted by atomic mass is 9.93. The van der Waals surface area contributed by atoms with E-state index in [1.807, 2.05) is 20.8 Å². The molecule has 1 aromatic carbocycles. The molecule has 0 fully saturated rings. The Hall–Kier alpha value is -3.09. The van der Waals surface area contributed by atoms with Crippen LogP contribution in [0.1, 0.15) is 70.9 Å². The third kappa shape index (κ3) is 4.08. The molecule has 1 aromatic heterocycles. The number of hydrogen-bond acceptors (Lipinski definition) is 5. The Kier molecular flexibility index (Phi) is 5.82. The number of aromatic hydroxyl groups is 1. The third-order valence-electron chi connectivity index (χ3n) is 4.94. The van der Waals surface area contributed by atoms with Gasteiger partial charge in [-0.3, -0.25) is 9.59 Å². The van der Waals surface area contributed by atoms with Gasteiger partial charge in [0.05, 0.1) is 5.71 Å². The summed E-state index contributed by atoms with van der Waals surface area (Å²) in [6.45, 7) is 5.80. The molecule has 0 bridgehead atoms. The van der Waals surface area contributed by atoms with Crippen molar-refractivity contribution in [3.05, 3.63) is 52.5 Å². The van der Waals surface area contributed by atoms with Crippen LogP contribution in [0.3, 0.4) is 0 Å². The van der Waals surface area contributed by atoms with Gasteiger partial charge < -0.3 is 14.8 Å². The van der Waals surface area contributed by atoms with Crippen LogP contribution < -0.4 is 10.7 Å². The van der Waals surface area contributed by atoms with Crippen molar-refractivity contribution < 1.29 is 19.1 Å². The fourth-order valence-corrected chi connectivity index (χ4v) is 3.18. The van der Waals surface area contributed by atoms with Crippen molar-refractivity contribution >= 4 is 17.5 Å². The number of hydrazone groups is 1. The molecular weight excluding hydrogens is 358 g/mol. The number of phenolic OH excluding ortho intramolecular Hbond substituents is 1. The van der Waals surface area contributed by atoms with Crippen LogP contribution >= 0.6 is 0 Å². The van der Waals surface area contributed by atoms with Crippen LogP contribution in [-0.2, 0) is 6.42 Å². The van der Waals surface area contributed by atoms with Crippen LogP contribution in [0.25, 0.3) is 0 Å². The molecule has 28 heavy (non-hydrogen) atoms. The van der Waals surface area contributed by atoms with Crippen molar-refractivity contribution in [1.29, 1.82) is 0 Å². The van der Waals surface area contributed by atoms with Crippen LogP contribution in [0.15, 0.2) is 33.8 Å². The summed E-state index contributed by atoms with van der Waals surface area (Å²) in [5, 5.41) is 16.5. The van der Waals surface area contributed by atoms with Crippen molar-refractivity contribution in [2.24, 2.45) is 5.10 Å². The molecule has 1 atom stereocenters. The van der Waals surface area contributed by atoms with Crippen molar-refractivity contribution in [1.82, 2.24) is 10.7 Å². The van der Waals surface area contributed by atoms with Gasteiger partial charge in [-0.25, -0.2) is 5.43 Å². The third-order valence-corrected chi connectivity index (χ3v) is 4.94. The van der Waals surface area contributed by atoms with E-state index in [2.05, 4.69) is 15.8 Å². The molecule has 0 radical (unpaired) electrons. The summed E-state index contributed by atoms with van der Waals surface area (Å²) in [5.74, 6) is 0.543. The second-order valence-corrected chi connectivity index (χ2v) is 7.04. The van der Waals surface area contributed by atoms with Crippen molar-refractivity contribution in [3.8, 4) is 5.75 Å². The molecule has 7 heteroatoms. The smallest absolute Gasteiger partial charge is 0.287 e. The second-order valence-electron chi connectivity index (χ2n) is 7.04. The monoisotopic (exact) mass is 383 g/mol. The molecule has 148 valence electrons. The Balaban J connectivity index is 1.82. The highest BCUT2D eigenvalue weighted by Crippen LogP contribution is 2.30. The highest BCUT2D eigenvalue weighted by atomic mass is 16.4. The molecule has 2 aromatic rings. The highest BCUT2D eigenvalue weighted by Gasteiger charge is 2.28. The lowest BCUT2D eigenvalue weighted by Crippen LogP contribution is -2.32. The summed E-state index contributed by atoms with van der Waals surface area (Å²) in [5.41, 5.74) is 5.22. The standard InChI is InChI=1S/C21H25N3O4/c1-4-12(2)22-21(27)19-13(3)18-16(6-5-7-17(18)28-19)23-24-20(26)14-8-10-15(25)11-9-14/h8-12,25H,4-7H2,1-3H3,(H,22,27)(H,24,26)/b23-16+. The maximum absolute atomic E-state index is 12.5. The number of aryl methyl sites for hydroxylation is 1. The number of phenols is 1. The summed E-state index contributed by atoms with van der Waals surface area (Å²) < 4.78 is 5.85. The van der Waals surface area contributed by atoms with Crippen LogP contribution in [0, 0.1) is 6.92 Å². The van der Waals surface area contributed by atoms with E-state index in [9.17, 15) is 14.7 Å². The van der Waals surface area contributed by atoms with Crippen molar-refractivity contribution in [2.45, 2.75) is 52.5 Å². The van der Waals surface area contributed by atoms with Gasteiger partial charge in [0.25, 0.3) is 11.8 Å². The largest absolute Gasteiger partial charge is 0.508 e. The molecule has 1 aliphatic rings. The molecule has 1 heterocycles. The zero-order valence-electron chi connectivity index (χ0n) is 16.3. The first-order valence-corrected chi connectivity index (χ1v) is 9.50. The zero-order valence-corrected chi connectivity index (χ0v) is 16.3. The van der Waals surface area contributed by atoms with E-state index in [-0.39, 0.29) is 23.6 Å². The number of amides is 2. The SMILES string of the molecule is CCC(C)NC(=O)c1oc2c(c1C)/C(=N/NC(=O)c1ccc(O)cc1)CCC2. The number of hydrogen-bond donors (Lipinski definition) is 3. The second kappa shape index (κ2) is 8.29. The van der Waals surface area contributed by atoms with Gasteiger partial charge in [-0.15, -0.1) is 0 Å². The first-order valence-electron chi connectivity index (χ1n) is 9.50. The van der Waals surface area contributed by atoms with Crippen LogP contribution in [0.5, 0.6) is 5.75 Å². The van der Waals surface area contributed by atoms with Crippen LogP contribution in [-0.4, -0.2) is 28.7 Å². The van der Waals surface area contributed by atoms with Gasteiger partial charge in [0.1, 0.15) is 11.5 Å². The van der Waals surface area contributed by atoms with E-state index in [0.717, 1.165) is 36.1 Å². The van der Waals surface area contributed by atoms with Gasteiger partial charge >= 0.3 is 0 Å². The van der Waals surface area contributed by atoms with Crippen LogP contribution in [0.4, 0.5) is 0 Å². The normalized spacial score (nSPS) is 15.8. The molecular formula is C21H25N3O4. The van der Waals surface area contributed by atoms with Crippen molar-refractivity contribution in [3.63, 3.8) is 0 Å². The number of nitrogens with one attached hydrogen (secondary N) is 2. The quantitative estimate of drug-likeness (QED) is 0.689. The fourth-order valence-electron chi connectivity index (χ4n) is 3.18. The summed E-state index contributed by atoms with van der Waals surface area (Å²) in [6, 6.07) is 6.01. The molecule has 0 aliphatic heterocycles. The Bertz CT molecular complexity index is 912. The Morgan fingerprint density at radius 1 is 1.21 bits per heavy atom. The number of fused-ring (bicyclic) bond motifs is 1. The predicted octanol–water partition coefficient (Wildman–Crippen LogP) is 3.29. The number of nitrogens with zero attached hydrogens (tertiary/aromatic N) is 1. The molecule has 0 spiro atoms. The fraction of sp³-hybridized carbons (Fsp3) is 0.381. The molecule has 0 saturated carbocycles. The molecule has 1 aliphatic carbocycles. The minimum atomic E-state index is -0.365. The average Bonchev–Trinajstić information content (AvgIpc) is 3.04. The van der Waals surface area contributed by atoms with Gasteiger partial charge in [-0.05, 0) is 57.4 Å². The maximum atomic E-state index is 12.5. The summed E-state index contributed by atoms with van der Waals surface area (Å²) >= 11 is 0. The molecule has 7 nitrogen and oxygen atoms in total. The van der Waals surface area contributed by atoms with Crippen LogP contribution in [0.2, 0.25) is 0 Å². The van der Waals surface area contributed by atoms with E-state index in [1.54, 1.807) is 0 Å². The lowest BCUT2D eigenvalue weighted by molar-refractivity contribution is 0.0907. The van der Waals surface area contributed by atoms with Gasteiger partial charge in [0.15, 0.2) is 5.76 Å². The summed E-state index contributed by atoms with van der Waals surface area (Å²) in [4.78, 5) is 24.8. The number of benzene rings is 1. The van der Waals surface area contributed by atoms with Gasteiger partial charge in [0, 0.05) is 29.2 Å². The van der Waals surface area contributed by atoms with Gasteiger partial charge in [-0.2, -0.15) is 5.10 Å². The van der Waals surface area contributed by atoms with E-state index in [1.165, 1.54) is 24.3 Å². The Labute approximate surface area is 163 Å². The molecule has 0 saturated heterocycles. The van der Waals surface area contributed by atoms with E-state index < -0.39 is 0 Å². The zero-order chi connectivity index (χ0) is 20.3. The first kappa shape index (κ1) is 19.7. The minimum absolute atomic E-state index is 0.0618. The molecule has 3 N–H and O–H groups in total. The molecule has 3 rings (SSSR count). The number of carbonyl (C=O) groups is 2. The molecule has 2 amide bonds. The van der Waals surface area contributed by atoms with Gasteiger partial charge in [0.2, 0.25) is 0 Å². The Morgan fingerprint density at radius 2 is 1.93 bits per heavy atom. The first-order chi connectivity index (χ1) is 13.4. The van der Waals surface area contributed by atoms with E-state index in [4.69, 9.17) is 4.42 Å². The number of carbonyl (C=O) groups excluding carboxylic acids is 2. The Morgan fingerprint density at radius 3 is 2.61 bits per heavy atom. The average molecular weight is 383 g/mol. The van der Waals surface area contributed by atoms with Crippen molar-refractivity contribution in [2.75, 3.05) is 0 Å². The maximum Gasteiger partial charge on any atom is 0.287 e. The number of furan rings is 1. The lowest BCUT2D eigenvalue weighted by Gasteiger charge is -2.13. The predicted molar refractivity (Wildman–Crippen MR) is 106 cm³/mol. The summed E-state index contributed by atoms with van der Waals surface area (Å²) in [6.07, 6.45) is 3.09. The van der Waals surface area contributed by atoms with Gasteiger partial charge in [-0.1, -0.05) is 6.92 Å². The minimum Gasteiger partial charge on any atom is -0.508 e. The highest BCUT2D eigenvalue weighted by molar-refractivity contribution is 6.07. The number of rotatable bonds is 5. The molecule has 1 unspecified atom stereocenters. The topological polar surface area (TPSA) is 104 Å². The van der Waals surface area contributed by atoms with E-state index >= 15 is 0 Å². The summed E-state index contributed by atoms with van der Waals surface area (Å²) in [7, 11) is 0. The van der Waals surface area contributed by atoms with E-state index in [0.29, 0.717) is 23.5 Å².